The molecule has 5 rings (SSSR count). The van der Waals surface area contributed by atoms with Gasteiger partial charge in [0, 0.05) is 17.4 Å². The number of aromatic nitrogens is 7. The van der Waals surface area contributed by atoms with Crippen molar-refractivity contribution in [2.24, 2.45) is 0 Å². The number of rotatable bonds is 7. The Labute approximate surface area is 208 Å². The van der Waals surface area contributed by atoms with Gasteiger partial charge in [0.15, 0.2) is 23.1 Å². The van der Waals surface area contributed by atoms with E-state index in [0.717, 1.165) is 5.52 Å². The average Bonchev–Trinajstić information content (AvgIpc) is 3.47. The number of nitrogens with one attached hydrogen (secondary N) is 1. The molecular formula is C24H17F2N9O2. The standard InChI is InChI=1S/C24H17F2N9O2/c1-13-9-16(11-27)33-35(13)23-17(14(2)36)4-7-21(30-23)34-12-28-18-10-15(3-5-19(18)34)29-20-6-8-22(32-31-20)37-24(25)26/h3-10,12,24H,1-2H3,(H,29,31). The fourth-order valence-electron chi connectivity index (χ4n) is 3.71. The number of carbonyl (C=O) groups is 1. The molecule has 13 heteroatoms. The number of ketones is 1. The Morgan fingerprint density at radius 2 is 1.97 bits per heavy atom. The van der Waals surface area contributed by atoms with Gasteiger partial charge in [-0.2, -0.15) is 19.1 Å². The van der Waals surface area contributed by atoms with Crippen molar-refractivity contribution >= 4 is 28.3 Å². The summed E-state index contributed by atoms with van der Waals surface area (Å²) in [6.07, 6.45) is 1.60. The van der Waals surface area contributed by atoms with Gasteiger partial charge in [0.1, 0.15) is 18.2 Å². The van der Waals surface area contributed by atoms with E-state index in [4.69, 9.17) is 0 Å². The number of Topliss-reactive ketones (excluding diaryl/α,β-unsaturated/α-hetero) is 1. The summed E-state index contributed by atoms with van der Waals surface area (Å²) in [6.45, 7) is 0.236. The maximum Gasteiger partial charge on any atom is 0.388 e. The molecule has 0 aliphatic rings. The third-order valence-electron chi connectivity index (χ3n) is 5.36. The van der Waals surface area contributed by atoms with Gasteiger partial charge >= 0.3 is 6.61 Å². The number of alkyl halides is 2. The molecule has 184 valence electrons. The van der Waals surface area contributed by atoms with E-state index >= 15 is 0 Å². The molecule has 37 heavy (non-hydrogen) atoms. The van der Waals surface area contributed by atoms with Crippen LogP contribution in [-0.2, 0) is 0 Å². The van der Waals surface area contributed by atoms with Crippen LogP contribution in [0.5, 0.6) is 5.88 Å². The Morgan fingerprint density at radius 1 is 1.14 bits per heavy atom. The lowest BCUT2D eigenvalue weighted by atomic mass is 10.2. The zero-order valence-corrected chi connectivity index (χ0v) is 19.4. The van der Waals surface area contributed by atoms with Crippen molar-refractivity contribution in [2.45, 2.75) is 20.5 Å². The summed E-state index contributed by atoms with van der Waals surface area (Å²) in [4.78, 5) is 21.4. The summed E-state index contributed by atoms with van der Waals surface area (Å²) < 4.78 is 32.0. The number of hydrogen-bond acceptors (Lipinski definition) is 9. The molecule has 1 N–H and O–H groups in total. The molecule has 0 saturated heterocycles. The highest BCUT2D eigenvalue weighted by Gasteiger charge is 2.17. The molecule has 0 saturated carbocycles. The first-order valence-electron chi connectivity index (χ1n) is 10.8. The molecule has 0 radical (unpaired) electrons. The quantitative estimate of drug-likeness (QED) is 0.327. The summed E-state index contributed by atoms with van der Waals surface area (Å²) in [5.41, 5.74) is 3.26. The zero-order chi connectivity index (χ0) is 26.1. The monoisotopic (exact) mass is 501 g/mol. The smallest absolute Gasteiger partial charge is 0.388 e. The molecule has 0 unspecified atom stereocenters. The number of ether oxygens (including phenoxy) is 1. The molecule has 0 atom stereocenters. The highest BCUT2D eigenvalue weighted by Crippen LogP contribution is 2.25. The first kappa shape index (κ1) is 23.5. The predicted molar refractivity (Wildman–Crippen MR) is 127 cm³/mol. The summed E-state index contributed by atoms with van der Waals surface area (Å²) >= 11 is 0. The summed E-state index contributed by atoms with van der Waals surface area (Å²) in [7, 11) is 0. The third-order valence-corrected chi connectivity index (χ3v) is 5.36. The van der Waals surface area contributed by atoms with E-state index in [-0.39, 0.29) is 17.4 Å². The molecule has 1 aromatic carbocycles. The third kappa shape index (κ3) is 4.67. The minimum absolute atomic E-state index is 0.189. The van der Waals surface area contributed by atoms with Gasteiger partial charge in [0.2, 0.25) is 5.88 Å². The van der Waals surface area contributed by atoms with E-state index in [1.54, 1.807) is 48.1 Å². The number of nitrogens with zero attached hydrogens (tertiary/aromatic N) is 8. The Morgan fingerprint density at radius 3 is 2.65 bits per heavy atom. The van der Waals surface area contributed by atoms with E-state index < -0.39 is 6.61 Å². The molecule has 0 aliphatic carbocycles. The predicted octanol–water partition coefficient (Wildman–Crippen LogP) is 4.12. The molecule has 0 aliphatic heterocycles. The minimum Gasteiger partial charge on any atom is -0.415 e. The molecule has 0 amide bonds. The van der Waals surface area contributed by atoms with E-state index in [0.29, 0.717) is 39.9 Å². The van der Waals surface area contributed by atoms with Crippen molar-refractivity contribution in [3.05, 3.63) is 71.8 Å². The number of carbonyl (C=O) groups excluding carboxylic acids is 1. The fourth-order valence-corrected chi connectivity index (χ4v) is 3.71. The van der Waals surface area contributed by atoms with Gasteiger partial charge in [0.05, 0.1) is 16.6 Å². The van der Waals surface area contributed by atoms with Gasteiger partial charge in [-0.3, -0.25) is 9.36 Å². The van der Waals surface area contributed by atoms with Gasteiger partial charge in [0.25, 0.3) is 0 Å². The van der Waals surface area contributed by atoms with Crippen LogP contribution in [0, 0.1) is 18.3 Å². The highest BCUT2D eigenvalue weighted by atomic mass is 19.3. The number of halogens is 2. The number of anilines is 2. The topological polar surface area (TPSA) is 136 Å². The normalized spacial score (nSPS) is 11.0. The fraction of sp³-hybridized carbons (Fsp3) is 0.125. The van der Waals surface area contributed by atoms with Crippen molar-refractivity contribution in [1.29, 1.82) is 5.26 Å². The maximum atomic E-state index is 12.3. The van der Waals surface area contributed by atoms with Crippen molar-refractivity contribution < 1.29 is 18.3 Å². The van der Waals surface area contributed by atoms with Gasteiger partial charge in [-0.25, -0.2) is 14.6 Å². The van der Waals surface area contributed by atoms with Gasteiger partial charge < -0.3 is 10.1 Å². The lowest BCUT2D eigenvalue weighted by molar-refractivity contribution is -0.0534. The Balaban J connectivity index is 1.47. The van der Waals surface area contributed by atoms with Crippen LogP contribution >= 0.6 is 0 Å². The first-order chi connectivity index (χ1) is 17.8. The highest BCUT2D eigenvalue weighted by molar-refractivity contribution is 5.97. The van der Waals surface area contributed by atoms with Crippen LogP contribution in [0.1, 0.15) is 28.7 Å². The first-order valence-corrected chi connectivity index (χ1v) is 10.8. The summed E-state index contributed by atoms with van der Waals surface area (Å²) in [6, 6.07) is 15.1. The van der Waals surface area contributed by atoms with Crippen LogP contribution in [-0.4, -0.2) is 46.9 Å². The molecule has 11 nitrogen and oxygen atoms in total. The average molecular weight is 501 g/mol. The number of hydrogen-bond donors (Lipinski definition) is 1. The second kappa shape index (κ2) is 9.42. The van der Waals surface area contributed by atoms with Crippen LogP contribution in [0.15, 0.2) is 54.9 Å². The largest absolute Gasteiger partial charge is 0.415 e. The van der Waals surface area contributed by atoms with Crippen LogP contribution in [0.4, 0.5) is 20.3 Å². The molecular weight excluding hydrogens is 484 g/mol. The van der Waals surface area contributed by atoms with Crippen molar-refractivity contribution in [3.63, 3.8) is 0 Å². The zero-order valence-electron chi connectivity index (χ0n) is 19.4. The van der Waals surface area contributed by atoms with Crippen LogP contribution < -0.4 is 10.1 Å². The molecule has 0 fully saturated rings. The van der Waals surface area contributed by atoms with Gasteiger partial charge in [-0.05, 0) is 56.3 Å². The van der Waals surface area contributed by atoms with Crippen molar-refractivity contribution in [2.75, 3.05) is 5.32 Å². The molecule has 4 heterocycles. The van der Waals surface area contributed by atoms with Gasteiger partial charge in [-0.1, -0.05) is 0 Å². The maximum absolute atomic E-state index is 12.3. The molecule has 0 spiro atoms. The minimum atomic E-state index is -2.98. The van der Waals surface area contributed by atoms with E-state index in [2.05, 4.69) is 35.3 Å². The van der Waals surface area contributed by atoms with E-state index in [1.807, 2.05) is 12.1 Å². The number of imidazole rings is 1. The molecule has 4 aromatic heterocycles. The lowest BCUT2D eigenvalue weighted by Gasteiger charge is -2.11. The van der Waals surface area contributed by atoms with Crippen LogP contribution in [0.3, 0.4) is 0 Å². The number of aryl methyl sites for hydroxylation is 1. The second-order valence-corrected chi connectivity index (χ2v) is 7.87. The number of nitriles is 1. The number of benzene rings is 1. The Hall–Kier alpha value is -5.25. The Kier molecular flexibility index (Phi) is 5.98. The van der Waals surface area contributed by atoms with Gasteiger partial charge in [-0.15, -0.1) is 10.2 Å². The van der Waals surface area contributed by atoms with Crippen LogP contribution in [0.25, 0.3) is 22.7 Å². The Bertz CT molecular complexity index is 1670. The number of pyridine rings is 1. The molecule has 5 aromatic rings. The van der Waals surface area contributed by atoms with Crippen LogP contribution in [0.2, 0.25) is 0 Å². The summed E-state index contributed by atoms with van der Waals surface area (Å²) in [5.74, 6) is 0.661. The SMILES string of the molecule is CC(=O)c1ccc(-n2cnc3cc(Nc4ccc(OC(F)F)nn4)ccc32)nc1-n1nc(C#N)cc1C. The van der Waals surface area contributed by atoms with Crippen molar-refractivity contribution in [3.8, 4) is 23.6 Å². The van der Waals surface area contributed by atoms with E-state index in [1.165, 1.54) is 23.7 Å². The summed E-state index contributed by atoms with van der Waals surface area (Å²) in [5, 5.41) is 23.9. The lowest BCUT2D eigenvalue weighted by Crippen LogP contribution is -2.11. The number of fused-ring (bicyclic) bond motifs is 1. The second-order valence-electron chi connectivity index (χ2n) is 7.87. The molecule has 0 bridgehead atoms. The van der Waals surface area contributed by atoms with Crippen molar-refractivity contribution in [1.82, 2.24) is 34.5 Å². The van der Waals surface area contributed by atoms with E-state index in [9.17, 15) is 18.8 Å².